The Morgan fingerprint density at radius 1 is 1.50 bits per heavy atom. The van der Waals surface area contributed by atoms with E-state index in [4.69, 9.17) is 4.74 Å². The summed E-state index contributed by atoms with van der Waals surface area (Å²) in [5.74, 6) is 0.811. The van der Waals surface area contributed by atoms with Gasteiger partial charge in [0.25, 0.3) is 0 Å². The number of rotatable bonds is 1. The van der Waals surface area contributed by atoms with Gasteiger partial charge in [0.2, 0.25) is 0 Å². The number of ether oxygens (including phenoxy) is 1. The van der Waals surface area contributed by atoms with E-state index < -0.39 is 0 Å². The molecule has 0 atom stereocenters. The van der Waals surface area contributed by atoms with Gasteiger partial charge in [-0.2, -0.15) is 0 Å². The molecule has 0 aliphatic carbocycles. The molecule has 0 bridgehead atoms. The number of imidazole rings is 1. The van der Waals surface area contributed by atoms with Crippen molar-refractivity contribution in [2.75, 3.05) is 7.11 Å². The van der Waals surface area contributed by atoms with Crippen molar-refractivity contribution in [3.8, 4) is 5.75 Å². The fraction of sp³-hybridized carbons (Fsp3) is 0.222. The van der Waals surface area contributed by atoms with Gasteiger partial charge in [-0.25, -0.2) is 4.98 Å². The highest BCUT2D eigenvalue weighted by molar-refractivity contribution is 5.54. The average molecular weight is 162 g/mol. The lowest BCUT2D eigenvalue weighted by atomic mass is 10.4. The summed E-state index contributed by atoms with van der Waals surface area (Å²) in [6, 6.07) is 3.84. The molecule has 0 spiro atoms. The Kier molecular flexibility index (Phi) is 1.50. The van der Waals surface area contributed by atoms with Gasteiger partial charge in [0, 0.05) is 12.4 Å². The standard InChI is InChI=1S/C9H10N2O/c1-7-6-11-5-3-4-8(12-2)9(11)10-7/h3-6H,1-2H3. The molecule has 0 aliphatic heterocycles. The van der Waals surface area contributed by atoms with Crippen molar-refractivity contribution in [1.29, 1.82) is 0 Å². The Hall–Kier alpha value is -1.51. The number of pyridine rings is 1. The monoisotopic (exact) mass is 162 g/mol. The first kappa shape index (κ1) is 7.16. The van der Waals surface area contributed by atoms with E-state index in [0.29, 0.717) is 0 Å². The first-order chi connectivity index (χ1) is 5.81. The third-order valence-corrected chi connectivity index (χ3v) is 1.79. The molecule has 2 aromatic rings. The smallest absolute Gasteiger partial charge is 0.179 e. The van der Waals surface area contributed by atoms with Crippen LogP contribution in [0.3, 0.4) is 0 Å². The van der Waals surface area contributed by atoms with E-state index in [9.17, 15) is 0 Å². The second-order valence-corrected chi connectivity index (χ2v) is 2.69. The van der Waals surface area contributed by atoms with Gasteiger partial charge in [0.15, 0.2) is 11.4 Å². The van der Waals surface area contributed by atoms with E-state index in [1.54, 1.807) is 7.11 Å². The molecule has 0 fully saturated rings. The molecule has 0 aliphatic rings. The summed E-state index contributed by atoms with van der Waals surface area (Å²) < 4.78 is 7.11. The van der Waals surface area contributed by atoms with E-state index >= 15 is 0 Å². The SMILES string of the molecule is COc1cccn2cc(C)nc12. The molecule has 2 aromatic heterocycles. The van der Waals surface area contributed by atoms with Crippen LogP contribution in [0.15, 0.2) is 24.5 Å². The molecule has 2 heterocycles. The van der Waals surface area contributed by atoms with Crippen molar-refractivity contribution in [3.63, 3.8) is 0 Å². The van der Waals surface area contributed by atoms with Gasteiger partial charge in [0.1, 0.15) is 0 Å². The molecule has 62 valence electrons. The van der Waals surface area contributed by atoms with E-state index in [1.807, 2.05) is 35.9 Å². The Labute approximate surface area is 70.6 Å². The van der Waals surface area contributed by atoms with Crippen LogP contribution >= 0.6 is 0 Å². The predicted molar refractivity (Wildman–Crippen MR) is 46.5 cm³/mol. The van der Waals surface area contributed by atoms with Crippen molar-refractivity contribution in [2.24, 2.45) is 0 Å². The largest absolute Gasteiger partial charge is 0.493 e. The third kappa shape index (κ3) is 0.942. The van der Waals surface area contributed by atoms with Gasteiger partial charge in [0.05, 0.1) is 12.8 Å². The molecule has 0 saturated carbocycles. The van der Waals surface area contributed by atoms with Crippen LogP contribution < -0.4 is 4.74 Å². The van der Waals surface area contributed by atoms with Crippen LogP contribution in [0.4, 0.5) is 0 Å². The molecule has 0 saturated heterocycles. The number of methoxy groups -OCH3 is 1. The topological polar surface area (TPSA) is 26.5 Å². The van der Waals surface area contributed by atoms with Crippen LogP contribution in [0, 0.1) is 6.92 Å². The quantitative estimate of drug-likeness (QED) is 0.637. The summed E-state index contributed by atoms with van der Waals surface area (Å²) in [4.78, 5) is 4.32. The average Bonchev–Trinajstić information content (AvgIpc) is 2.44. The van der Waals surface area contributed by atoms with Crippen LogP contribution in [0.25, 0.3) is 5.65 Å². The molecule has 3 nitrogen and oxygen atoms in total. The fourth-order valence-electron chi connectivity index (χ4n) is 1.27. The van der Waals surface area contributed by atoms with Crippen molar-refractivity contribution in [1.82, 2.24) is 9.38 Å². The maximum Gasteiger partial charge on any atom is 0.179 e. The second-order valence-electron chi connectivity index (χ2n) is 2.69. The number of aromatic nitrogens is 2. The lowest BCUT2D eigenvalue weighted by Gasteiger charge is -1.99. The summed E-state index contributed by atoms with van der Waals surface area (Å²) in [5, 5.41) is 0. The molecule has 0 aromatic carbocycles. The highest BCUT2D eigenvalue weighted by atomic mass is 16.5. The first-order valence-electron chi connectivity index (χ1n) is 3.79. The number of aryl methyl sites for hydroxylation is 1. The molecule has 0 amide bonds. The zero-order chi connectivity index (χ0) is 8.55. The number of fused-ring (bicyclic) bond motifs is 1. The summed E-state index contributed by atoms with van der Waals surface area (Å²) >= 11 is 0. The van der Waals surface area contributed by atoms with Crippen LogP contribution in [-0.4, -0.2) is 16.5 Å². The van der Waals surface area contributed by atoms with Crippen LogP contribution in [-0.2, 0) is 0 Å². The Morgan fingerprint density at radius 3 is 3.08 bits per heavy atom. The lowest BCUT2D eigenvalue weighted by Crippen LogP contribution is -1.88. The van der Waals surface area contributed by atoms with Gasteiger partial charge >= 0.3 is 0 Å². The van der Waals surface area contributed by atoms with E-state index in [1.165, 1.54) is 0 Å². The van der Waals surface area contributed by atoms with E-state index in [-0.39, 0.29) is 0 Å². The molecule has 12 heavy (non-hydrogen) atoms. The summed E-state index contributed by atoms with van der Waals surface area (Å²) in [6.45, 7) is 1.96. The van der Waals surface area contributed by atoms with Gasteiger partial charge < -0.3 is 9.14 Å². The Bertz CT molecular complexity index is 406. The van der Waals surface area contributed by atoms with Crippen LogP contribution in [0.2, 0.25) is 0 Å². The number of nitrogens with zero attached hydrogens (tertiary/aromatic N) is 2. The first-order valence-corrected chi connectivity index (χ1v) is 3.79. The molecule has 0 radical (unpaired) electrons. The minimum atomic E-state index is 0.811. The molecular weight excluding hydrogens is 152 g/mol. The maximum absolute atomic E-state index is 5.16. The molecule has 3 heteroatoms. The van der Waals surface area contributed by atoms with Gasteiger partial charge in [-0.1, -0.05) is 0 Å². The summed E-state index contributed by atoms with van der Waals surface area (Å²) in [7, 11) is 1.65. The second kappa shape index (κ2) is 2.52. The highest BCUT2D eigenvalue weighted by Gasteiger charge is 2.02. The van der Waals surface area contributed by atoms with Gasteiger partial charge in [-0.15, -0.1) is 0 Å². The fourth-order valence-corrected chi connectivity index (χ4v) is 1.27. The zero-order valence-corrected chi connectivity index (χ0v) is 7.11. The van der Waals surface area contributed by atoms with Crippen molar-refractivity contribution in [3.05, 3.63) is 30.2 Å². The summed E-state index contributed by atoms with van der Waals surface area (Å²) in [5.41, 5.74) is 1.87. The zero-order valence-electron chi connectivity index (χ0n) is 7.11. The minimum Gasteiger partial charge on any atom is -0.493 e. The third-order valence-electron chi connectivity index (χ3n) is 1.79. The maximum atomic E-state index is 5.16. The highest BCUT2D eigenvalue weighted by Crippen LogP contribution is 2.17. The molecule has 0 N–H and O–H groups in total. The predicted octanol–water partition coefficient (Wildman–Crippen LogP) is 1.65. The van der Waals surface area contributed by atoms with Crippen molar-refractivity contribution in [2.45, 2.75) is 6.92 Å². The Balaban J connectivity index is 2.78. The number of hydrogen-bond donors (Lipinski definition) is 0. The molecule has 2 rings (SSSR count). The Morgan fingerprint density at radius 2 is 2.33 bits per heavy atom. The van der Waals surface area contributed by atoms with Gasteiger partial charge in [-0.3, -0.25) is 0 Å². The normalized spacial score (nSPS) is 10.5. The minimum absolute atomic E-state index is 0.811. The molecule has 0 unspecified atom stereocenters. The number of hydrogen-bond acceptors (Lipinski definition) is 2. The lowest BCUT2D eigenvalue weighted by molar-refractivity contribution is 0.417. The molecular formula is C9H10N2O. The van der Waals surface area contributed by atoms with Crippen molar-refractivity contribution < 1.29 is 4.74 Å². The van der Waals surface area contributed by atoms with E-state index in [2.05, 4.69) is 4.98 Å². The summed E-state index contributed by atoms with van der Waals surface area (Å²) in [6.07, 6.45) is 3.93. The van der Waals surface area contributed by atoms with E-state index in [0.717, 1.165) is 17.1 Å². The van der Waals surface area contributed by atoms with Crippen LogP contribution in [0.1, 0.15) is 5.69 Å². The van der Waals surface area contributed by atoms with Gasteiger partial charge in [-0.05, 0) is 19.1 Å². The van der Waals surface area contributed by atoms with Crippen molar-refractivity contribution >= 4 is 5.65 Å². The van der Waals surface area contributed by atoms with Crippen LogP contribution in [0.5, 0.6) is 5.75 Å².